The molecule has 0 amide bonds. The summed E-state index contributed by atoms with van der Waals surface area (Å²) < 4.78 is 0. The first-order valence-corrected chi connectivity index (χ1v) is 4.32. The van der Waals surface area contributed by atoms with Crippen molar-refractivity contribution in [3.63, 3.8) is 0 Å². The van der Waals surface area contributed by atoms with Gasteiger partial charge in [-0.15, -0.1) is 0 Å². The molecule has 62 valence electrons. The zero-order valence-electron chi connectivity index (χ0n) is 6.61. The summed E-state index contributed by atoms with van der Waals surface area (Å²) in [6.45, 7) is 3.92. The normalized spacial score (nSPS) is 13.8. The molecule has 1 heterocycles. The van der Waals surface area contributed by atoms with Crippen LogP contribution in [0.3, 0.4) is 0 Å². The van der Waals surface area contributed by atoms with E-state index < -0.39 is 6.10 Å². The van der Waals surface area contributed by atoms with Crippen LogP contribution >= 0.6 is 11.3 Å². The van der Waals surface area contributed by atoms with Crippen molar-refractivity contribution in [1.82, 2.24) is 4.98 Å². The number of aliphatic hydroxyl groups is 1. The topological polar surface area (TPSA) is 59.1 Å². The van der Waals surface area contributed by atoms with Gasteiger partial charge in [0.15, 0.2) is 5.13 Å². The largest absolute Gasteiger partial charge is 0.387 e. The Kier molecular flexibility index (Phi) is 2.46. The smallest absolute Gasteiger partial charge is 0.180 e. The molecule has 1 unspecified atom stereocenters. The molecule has 0 aromatic carbocycles. The molecular formula is C7H12N2OS. The Balaban J connectivity index is 2.76. The van der Waals surface area contributed by atoms with Crippen LogP contribution in [0.25, 0.3) is 0 Å². The summed E-state index contributed by atoms with van der Waals surface area (Å²) >= 11 is 1.34. The molecule has 0 radical (unpaired) electrons. The first kappa shape index (κ1) is 8.49. The summed E-state index contributed by atoms with van der Waals surface area (Å²) in [7, 11) is 0. The maximum absolute atomic E-state index is 9.53. The van der Waals surface area contributed by atoms with Gasteiger partial charge in [-0.2, -0.15) is 0 Å². The van der Waals surface area contributed by atoms with Crippen molar-refractivity contribution in [3.05, 3.63) is 11.1 Å². The Morgan fingerprint density at radius 2 is 2.27 bits per heavy atom. The molecule has 3 N–H and O–H groups in total. The van der Waals surface area contributed by atoms with Gasteiger partial charge in [-0.1, -0.05) is 25.2 Å². The van der Waals surface area contributed by atoms with Crippen LogP contribution in [0.5, 0.6) is 0 Å². The second kappa shape index (κ2) is 3.19. The third-order valence-corrected chi connectivity index (χ3v) is 2.36. The molecule has 0 aliphatic rings. The number of hydrogen-bond acceptors (Lipinski definition) is 4. The molecule has 0 saturated carbocycles. The van der Waals surface area contributed by atoms with E-state index >= 15 is 0 Å². The van der Waals surface area contributed by atoms with Crippen molar-refractivity contribution in [2.75, 3.05) is 5.73 Å². The summed E-state index contributed by atoms with van der Waals surface area (Å²) in [5.41, 5.74) is 5.41. The van der Waals surface area contributed by atoms with E-state index in [-0.39, 0.29) is 5.92 Å². The van der Waals surface area contributed by atoms with Crippen LogP contribution < -0.4 is 5.73 Å². The lowest BCUT2D eigenvalue weighted by Crippen LogP contribution is -2.02. The van der Waals surface area contributed by atoms with Crippen LogP contribution in [-0.4, -0.2) is 10.1 Å². The van der Waals surface area contributed by atoms with E-state index in [0.29, 0.717) is 5.13 Å². The quantitative estimate of drug-likeness (QED) is 0.709. The van der Waals surface area contributed by atoms with Crippen molar-refractivity contribution in [2.24, 2.45) is 5.92 Å². The molecule has 0 aliphatic heterocycles. The highest BCUT2D eigenvalue weighted by Crippen LogP contribution is 2.27. The van der Waals surface area contributed by atoms with Gasteiger partial charge in [-0.05, 0) is 5.92 Å². The highest BCUT2D eigenvalue weighted by molar-refractivity contribution is 7.15. The first-order chi connectivity index (χ1) is 5.11. The molecule has 1 aromatic rings. The molecule has 1 aromatic heterocycles. The second-order valence-electron chi connectivity index (χ2n) is 2.79. The van der Waals surface area contributed by atoms with Crippen LogP contribution in [0, 0.1) is 5.92 Å². The first-order valence-electron chi connectivity index (χ1n) is 3.50. The number of nitrogen functional groups attached to an aromatic ring is 1. The predicted molar refractivity (Wildman–Crippen MR) is 46.3 cm³/mol. The minimum absolute atomic E-state index is 0.217. The molecule has 0 saturated heterocycles. The second-order valence-corrected chi connectivity index (χ2v) is 3.88. The molecule has 0 fully saturated rings. The van der Waals surface area contributed by atoms with E-state index in [2.05, 4.69) is 4.98 Å². The van der Waals surface area contributed by atoms with E-state index in [1.807, 2.05) is 13.8 Å². The molecule has 3 nitrogen and oxygen atoms in total. The van der Waals surface area contributed by atoms with Crippen molar-refractivity contribution in [3.8, 4) is 0 Å². The number of hydrogen-bond donors (Lipinski definition) is 2. The fraction of sp³-hybridized carbons (Fsp3) is 0.571. The van der Waals surface area contributed by atoms with Gasteiger partial charge in [0.25, 0.3) is 0 Å². The van der Waals surface area contributed by atoms with E-state index in [4.69, 9.17) is 5.73 Å². The Labute approximate surface area is 69.9 Å². The van der Waals surface area contributed by atoms with Crippen molar-refractivity contribution >= 4 is 16.5 Å². The minimum atomic E-state index is -0.426. The van der Waals surface area contributed by atoms with Gasteiger partial charge in [0, 0.05) is 6.20 Å². The van der Waals surface area contributed by atoms with E-state index in [9.17, 15) is 5.11 Å². The summed E-state index contributed by atoms with van der Waals surface area (Å²) in [6.07, 6.45) is 1.20. The van der Waals surface area contributed by atoms with Gasteiger partial charge in [0.1, 0.15) is 0 Å². The van der Waals surface area contributed by atoms with Gasteiger partial charge in [0.05, 0.1) is 11.0 Å². The van der Waals surface area contributed by atoms with E-state index in [0.717, 1.165) is 4.88 Å². The van der Waals surface area contributed by atoms with E-state index in [1.54, 1.807) is 6.20 Å². The average molecular weight is 172 g/mol. The fourth-order valence-electron chi connectivity index (χ4n) is 0.766. The summed E-state index contributed by atoms with van der Waals surface area (Å²) in [4.78, 5) is 4.70. The SMILES string of the molecule is CC(C)C(O)c1cnc(N)s1. The molecule has 0 aliphatic carbocycles. The van der Waals surface area contributed by atoms with Crippen molar-refractivity contribution < 1.29 is 5.11 Å². The highest BCUT2D eigenvalue weighted by Gasteiger charge is 2.14. The Bertz CT molecular complexity index is 234. The molecule has 1 rings (SSSR count). The summed E-state index contributed by atoms with van der Waals surface area (Å²) in [6, 6.07) is 0. The molecule has 11 heavy (non-hydrogen) atoms. The fourth-order valence-corrected chi connectivity index (χ4v) is 1.61. The molecule has 0 spiro atoms. The number of nitrogens with zero attached hydrogens (tertiary/aromatic N) is 1. The van der Waals surface area contributed by atoms with E-state index in [1.165, 1.54) is 11.3 Å². The van der Waals surface area contributed by atoms with Crippen LogP contribution in [0.15, 0.2) is 6.20 Å². The lowest BCUT2D eigenvalue weighted by molar-refractivity contribution is 0.130. The van der Waals surface area contributed by atoms with Crippen molar-refractivity contribution in [1.29, 1.82) is 0 Å². The number of nitrogens with two attached hydrogens (primary N) is 1. The average Bonchev–Trinajstić information content (AvgIpc) is 2.34. The standard InChI is InChI=1S/C7H12N2OS/c1-4(2)6(10)5-3-9-7(8)11-5/h3-4,6,10H,1-2H3,(H2,8,9). The lowest BCUT2D eigenvalue weighted by Gasteiger charge is -2.10. The minimum Gasteiger partial charge on any atom is -0.387 e. The Morgan fingerprint density at radius 1 is 1.64 bits per heavy atom. The van der Waals surface area contributed by atoms with Gasteiger partial charge in [-0.3, -0.25) is 0 Å². The summed E-state index contributed by atoms with van der Waals surface area (Å²) in [5, 5.41) is 10.0. The van der Waals surface area contributed by atoms with Gasteiger partial charge in [0.2, 0.25) is 0 Å². The van der Waals surface area contributed by atoms with Crippen LogP contribution in [0.4, 0.5) is 5.13 Å². The number of thiazole rings is 1. The molecule has 0 bridgehead atoms. The third-order valence-electron chi connectivity index (χ3n) is 1.46. The van der Waals surface area contributed by atoms with Crippen molar-refractivity contribution in [2.45, 2.75) is 20.0 Å². The Morgan fingerprint density at radius 3 is 2.64 bits per heavy atom. The number of anilines is 1. The van der Waals surface area contributed by atoms with Crippen LogP contribution in [0.2, 0.25) is 0 Å². The van der Waals surface area contributed by atoms with Crippen LogP contribution in [-0.2, 0) is 0 Å². The third kappa shape index (κ3) is 1.91. The zero-order valence-corrected chi connectivity index (χ0v) is 7.43. The maximum Gasteiger partial charge on any atom is 0.180 e. The van der Waals surface area contributed by atoms with Gasteiger partial charge >= 0.3 is 0 Å². The zero-order chi connectivity index (χ0) is 8.43. The summed E-state index contributed by atoms with van der Waals surface area (Å²) in [5.74, 6) is 0.217. The number of aliphatic hydroxyl groups excluding tert-OH is 1. The van der Waals surface area contributed by atoms with Gasteiger partial charge in [-0.25, -0.2) is 4.98 Å². The molecular weight excluding hydrogens is 160 g/mol. The molecule has 4 heteroatoms. The molecule has 1 atom stereocenters. The number of rotatable bonds is 2. The monoisotopic (exact) mass is 172 g/mol. The Hall–Kier alpha value is -0.610. The van der Waals surface area contributed by atoms with Gasteiger partial charge < -0.3 is 10.8 Å². The number of aromatic nitrogens is 1. The highest BCUT2D eigenvalue weighted by atomic mass is 32.1. The lowest BCUT2D eigenvalue weighted by atomic mass is 10.1. The predicted octanol–water partition coefficient (Wildman–Crippen LogP) is 1.41. The van der Waals surface area contributed by atoms with Crippen LogP contribution in [0.1, 0.15) is 24.8 Å². The maximum atomic E-state index is 9.53.